The van der Waals surface area contributed by atoms with Gasteiger partial charge in [-0.3, -0.25) is 4.72 Å². The average molecular weight is 331 g/mol. The van der Waals surface area contributed by atoms with Crippen molar-refractivity contribution in [3.05, 3.63) is 58.1 Å². The summed E-state index contributed by atoms with van der Waals surface area (Å²) in [6, 6.07) is 11.2. The fourth-order valence-electron chi connectivity index (χ4n) is 1.72. The fourth-order valence-corrected chi connectivity index (χ4v) is 3.44. The van der Waals surface area contributed by atoms with E-state index in [0.717, 1.165) is 0 Å². The van der Waals surface area contributed by atoms with Crippen molar-refractivity contribution in [1.29, 1.82) is 0 Å². The Morgan fingerprint density at radius 3 is 2.45 bits per heavy atom. The highest BCUT2D eigenvalue weighted by molar-refractivity contribution is 7.92. The summed E-state index contributed by atoms with van der Waals surface area (Å²) in [5, 5.41) is 0.432. The fraction of sp³-hybridized carbons (Fsp3) is 0.0769. The Kier molecular flexibility index (Phi) is 4.55. The molecular formula is C13H12Cl2N2O2S. The quantitative estimate of drug-likeness (QED) is 0.903. The summed E-state index contributed by atoms with van der Waals surface area (Å²) in [6.07, 6.45) is 0. The molecule has 0 radical (unpaired) electrons. The number of hydrogen-bond donors (Lipinski definition) is 2. The molecule has 2 aromatic carbocycles. The zero-order valence-electron chi connectivity index (χ0n) is 10.3. The van der Waals surface area contributed by atoms with Gasteiger partial charge in [-0.05, 0) is 23.8 Å². The highest BCUT2D eigenvalue weighted by Gasteiger charge is 2.19. The third-order valence-electron chi connectivity index (χ3n) is 2.68. The third-order valence-corrected chi connectivity index (χ3v) is 4.96. The SMILES string of the molecule is NCc1ccccc1S(=O)(=O)Nc1cccc(Cl)c1Cl. The Morgan fingerprint density at radius 2 is 1.75 bits per heavy atom. The Bertz CT molecular complexity index is 733. The first-order valence-electron chi connectivity index (χ1n) is 5.70. The summed E-state index contributed by atoms with van der Waals surface area (Å²) in [4.78, 5) is 0.124. The van der Waals surface area contributed by atoms with Crippen LogP contribution in [0.5, 0.6) is 0 Å². The second-order valence-electron chi connectivity index (χ2n) is 4.02. The van der Waals surface area contributed by atoms with Crippen molar-refractivity contribution >= 4 is 38.9 Å². The van der Waals surface area contributed by atoms with E-state index >= 15 is 0 Å². The predicted molar refractivity (Wildman–Crippen MR) is 81.6 cm³/mol. The van der Waals surface area contributed by atoms with Gasteiger partial charge in [-0.25, -0.2) is 8.42 Å². The molecule has 0 unspecified atom stereocenters. The maximum absolute atomic E-state index is 12.4. The number of sulfonamides is 1. The van der Waals surface area contributed by atoms with Gasteiger partial charge in [-0.2, -0.15) is 0 Å². The maximum Gasteiger partial charge on any atom is 0.262 e. The Hall–Kier alpha value is -1.27. The van der Waals surface area contributed by atoms with E-state index in [1.54, 1.807) is 30.3 Å². The summed E-state index contributed by atoms with van der Waals surface area (Å²) in [5.74, 6) is 0. The topological polar surface area (TPSA) is 72.2 Å². The molecule has 0 fully saturated rings. The van der Waals surface area contributed by atoms with Gasteiger partial charge in [-0.15, -0.1) is 0 Å². The highest BCUT2D eigenvalue weighted by Crippen LogP contribution is 2.31. The molecule has 106 valence electrons. The monoisotopic (exact) mass is 330 g/mol. The summed E-state index contributed by atoms with van der Waals surface area (Å²) < 4.78 is 27.2. The van der Waals surface area contributed by atoms with Crippen LogP contribution in [0.2, 0.25) is 10.0 Å². The molecule has 3 N–H and O–H groups in total. The zero-order chi connectivity index (χ0) is 14.8. The molecule has 0 saturated carbocycles. The molecule has 0 aliphatic rings. The van der Waals surface area contributed by atoms with Crippen molar-refractivity contribution in [1.82, 2.24) is 0 Å². The molecule has 0 aliphatic carbocycles. The second-order valence-corrected chi connectivity index (χ2v) is 6.45. The molecule has 0 atom stereocenters. The Balaban J connectivity index is 2.44. The van der Waals surface area contributed by atoms with Crippen LogP contribution >= 0.6 is 23.2 Å². The minimum atomic E-state index is -3.77. The largest absolute Gasteiger partial charge is 0.326 e. The van der Waals surface area contributed by atoms with Crippen molar-refractivity contribution in [3.63, 3.8) is 0 Å². The summed E-state index contributed by atoms with van der Waals surface area (Å²) in [7, 11) is -3.77. The number of anilines is 1. The van der Waals surface area contributed by atoms with Crippen LogP contribution in [0.25, 0.3) is 0 Å². The smallest absolute Gasteiger partial charge is 0.262 e. The van der Waals surface area contributed by atoms with Crippen molar-refractivity contribution in [2.45, 2.75) is 11.4 Å². The van der Waals surface area contributed by atoms with Gasteiger partial charge in [0.15, 0.2) is 0 Å². The standard InChI is InChI=1S/C13H12Cl2N2O2S/c14-10-5-3-6-11(13(10)15)17-20(18,19)12-7-2-1-4-9(12)8-16/h1-7,17H,8,16H2. The van der Waals surface area contributed by atoms with Crippen LogP contribution in [0.4, 0.5) is 5.69 Å². The molecule has 0 saturated heterocycles. The van der Waals surface area contributed by atoms with Crippen LogP contribution in [0.1, 0.15) is 5.56 Å². The van der Waals surface area contributed by atoms with Crippen LogP contribution in [0.15, 0.2) is 47.4 Å². The lowest BCUT2D eigenvalue weighted by atomic mass is 10.2. The second kappa shape index (κ2) is 6.01. The van der Waals surface area contributed by atoms with Gasteiger partial charge in [0.05, 0.1) is 20.6 Å². The molecule has 0 aliphatic heterocycles. The van der Waals surface area contributed by atoms with Gasteiger partial charge in [0, 0.05) is 6.54 Å². The minimum absolute atomic E-state index is 0.124. The van der Waals surface area contributed by atoms with E-state index in [2.05, 4.69) is 4.72 Å². The highest BCUT2D eigenvalue weighted by atomic mass is 35.5. The van der Waals surface area contributed by atoms with Gasteiger partial charge in [0.2, 0.25) is 0 Å². The first kappa shape index (κ1) is 15.1. The molecule has 0 bridgehead atoms. The van der Waals surface area contributed by atoms with Crippen molar-refractivity contribution in [2.24, 2.45) is 5.73 Å². The molecule has 4 nitrogen and oxygen atoms in total. The molecule has 0 amide bonds. The van der Waals surface area contributed by atoms with Crippen LogP contribution in [-0.2, 0) is 16.6 Å². The number of benzene rings is 2. The third kappa shape index (κ3) is 3.07. The number of halogens is 2. The van der Waals surface area contributed by atoms with Crippen molar-refractivity contribution < 1.29 is 8.42 Å². The normalized spacial score (nSPS) is 11.3. The van der Waals surface area contributed by atoms with Gasteiger partial charge >= 0.3 is 0 Å². The van der Waals surface area contributed by atoms with E-state index in [4.69, 9.17) is 28.9 Å². The first-order chi connectivity index (χ1) is 9.45. The number of nitrogens with two attached hydrogens (primary N) is 1. The summed E-state index contributed by atoms with van der Waals surface area (Å²) in [6.45, 7) is 0.125. The lowest BCUT2D eigenvalue weighted by Gasteiger charge is -2.12. The summed E-state index contributed by atoms with van der Waals surface area (Å²) in [5.41, 5.74) is 6.31. The van der Waals surface area contributed by atoms with E-state index in [1.165, 1.54) is 12.1 Å². The van der Waals surface area contributed by atoms with Crippen LogP contribution < -0.4 is 10.5 Å². The molecular weight excluding hydrogens is 319 g/mol. The molecule has 20 heavy (non-hydrogen) atoms. The first-order valence-corrected chi connectivity index (χ1v) is 7.94. The zero-order valence-corrected chi connectivity index (χ0v) is 12.6. The lowest BCUT2D eigenvalue weighted by Crippen LogP contribution is -2.16. The van der Waals surface area contributed by atoms with E-state index < -0.39 is 10.0 Å². The average Bonchev–Trinajstić information content (AvgIpc) is 2.43. The van der Waals surface area contributed by atoms with E-state index in [0.29, 0.717) is 5.56 Å². The minimum Gasteiger partial charge on any atom is -0.326 e. The number of hydrogen-bond acceptors (Lipinski definition) is 3. The van der Waals surface area contributed by atoms with Crippen LogP contribution in [-0.4, -0.2) is 8.42 Å². The van der Waals surface area contributed by atoms with Gasteiger partial charge in [0.25, 0.3) is 10.0 Å². The van der Waals surface area contributed by atoms with Crippen LogP contribution in [0.3, 0.4) is 0 Å². The molecule has 0 aromatic heterocycles. The maximum atomic E-state index is 12.4. The molecule has 0 heterocycles. The van der Waals surface area contributed by atoms with E-state index in [9.17, 15) is 8.42 Å². The van der Waals surface area contributed by atoms with Crippen molar-refractivity contribution in [2.75, 3.05) is 4.72 Å². The van der Waals surface area contributed by atoms with Crippen molar-refractivity contribution in [3.8, 4) is 0 Å². The Morgan fingerprint density at radius 1 is 1.05 bits per heavy atom. The predicted octanol–water partition coefficient (Wildman–Crippen LogP) is 3.25. The molecule has 7 heteroatoms. The van der Waals surface area contributed by atoms with Gasteiger partial charge in [0.1, 0.15) is 0 Å². The molecule has 2 rings (SSSR count). The number of nitrogens with one attached hydrogen (secondary N) is 1. The van der Waals surface area contributed by atoms with Gasteiger partial charge < -0.3 is 5.73 Å². The number of rotatable bonds is 4. The van der Waals surface area contributed by atoms with Crippen LogP contribution in [0, 0.1) is 0 Å². The summed E-state index contributed by atoms with van der Waals surface area (Å²) >= 11 is 11.8. The lowest BCUT2D eigenvalue weighted by molar-refractivity contribution is 0.600. The molecule has 0 spiro atoms. The van der Waals surface area contributed by atoms with Gasteiger partial charge in [-0.1, -0.05) is 47.5 Å². The molecule has 2 aromatic rings. The van der Waals surface area contributed by atoms with E-state index in [-0.39, 0.29) is 27.2 Å². The van der Waals surface area contributed by atoms with E-state index in [1.807, 2.05) is 0 Å². The Labute approximate surface area is 127 Å².